The van der Waals surface area contributed by atoms with E-state index in [0.717, 1.165) is 12.8 Å². The van der Waals surface area contributed by atoms with Gasteiger partial charge in [0, 0.05) is 0 Å². The quantitative estimate of drug-likeness (QED) is 0.752. The minimum Gasteiger partial charge on any atom is -0.392 e. The van der Waals surface area contributed by atoms with Crippen molar-refractivity contribution >= 4 is 0 Å². The molecule has 0 radical (unpaired) electrons. The summed E-state index contributed by atoms with van der Waals surface area (Å²) in [7, 11) is 0. The van der Waals surface area contributed by atoms with Crippen molar-refractivity contribution in [3.8, 4) is 0 Å². The van der Waals surface area contributed by atoms with E-state index in [9.17, 15) is 0 Å². The standard InChI is InChI=1S/C13H24O3/c1-10(8-9-14)6-7-11-12(2,3)16-13(4,5)15-11/h8,11,14H,6-7,9H2,1-5H3/b10-8+/t11-/m1/s1. The highest BCUT2D eigenvalue weighted by Gasteiger charge is 2.46. The van der Waals surface area contributed by atoms with Crippen LogP contribution < -0.4 is 0 Å². The molecule has 1 fully saturated rings. The minimum atomic E-state index is -0.483. The first-order valence-electron chi connectivity index (χ1n) is 5.91. The van der Waals surface area contributed by atoms with Crippen molar-refractivity contribution in [3.05, 3.63) is 11.6 Å². The van der Waals surface area contributed by atoms with Crippen LogP contribution in [0.4, 0.5) is 0 Å². The molecule has 0 unspecified atom stereocenters. The lowest BCUT2D eigenvalue weighted by Crippen LogP contribution is -2.33. The van der Waals surface area contributed by atoms with Crippen LogP contribution in [0.3, 0.4) is 0 Å². The van der Waals surface area contributed by atoms with Gasteiger partial charge in [-0.15, -0.1) is 0 Å². The molecule has 0 bridgehead atoms. The summed E-state index contributed by atoms with van der Waals surface area (Å²) in [5, 5.41) is 8.78. The smallest absolute Gasteiger partial charge is 0.164 e. The molecular formula is C13H24O3. The Labute approximate surface area is 98.4 Å². The van der Waals surface area contributed by atoms with Gasteiger partial charge in [-0.25, -0.2) is 0 Å². The molecule has 0 aromatic carbocycles. The average Bonchev–Trinajstić information content (AvgIpc) is 2.31. The molecule has 1 aliphatic rings. The summed E-state index contributed by atoms with van der Waals surface area (Å²) in [6, 6.07) is 0. The second-order valence-electron chi connectivity index (χ2n) is 5.48. The lowest BCUT2D eigenvalue weighted by Gasteiger charge is -2.23. The van der Waals surface area contributed by atoms with Crippen molar-refractivity contribution < 1.29 is 14.6 Å². The Morgan fingerprint density at radius 1 is 1.31 bits per heavy atom. The third-order valence-corrected chi connectivity index (χ3v) is 2.95. The van der Waals surface area contributed by atoms with Crippen LogP contribution in [0.1, 0.15) is 47.5 Å². The van der Waals surface area contributed by atoms with Crippen LogP contribution in [0.2, 0.25) is 0 Å². The molecule has 1 heterocycles. The Kier molecular flexibility index (Phi) is 4.16. The summed E-state index contributed by atoms with van der Waals surface area (Å²) in [4.78, 5) is 0. The van der Waals surface area contributed by atoms with Crippen LogP contribution in [0.15, 0.2) is 11.6 Å². The largest absolute Gasteiger partial charge is 0.392 e. The monoisotopic (exact) mass is 228 g/mol. The summed E-state index contributed by atoms with van der Waals surface area (Å²) in [6.45, 7) is 10.2. The van der Waals surface area contributed by atoms with Gasteiger partial charge in [0.05, 0.1) is 18.3 Å². The molecule has 0 spiro atoms. The first kappa shape index (κ1) is 13.7. The molecule has 1 N–H and O–H groups in total. The molecule has 0 aliphatic carbocycles. The second-order valence-corrected chi connectivity index (χ2v) is 5.48. The summed E-state index contributed by atoms with van der Waals surface area (Å²) in [6.07, 6.45) is 3.82. The van der Waals surface area contributed by atoms with E-state index >= 15 is 0 Å². The summed E-state index contributed by atoms with van der Waals surface area (Å²) in [5.41, 5.74) is 0.967. The number of allylic oxidation sites excluding steroid dienone is 1. The third-order valence-electron chi connectivity index (χ3n) is 2.95. The van der Waals surface area contributed by atoms with E-state index in [1.54, 1.807) is 0 Å². The number of rotatable bonds is 4. The van der Waals surface area contributed by atoms with Crippen LogP contribution in [0.25, 0.3) is 0 Å². The molecule has 0 aromatic heterocycles. The predicted octanol–water partition coefficient (Wildman–Crippen LogP) is 2.64. The van der Waals surface area contributed by atoms with E-state index in [0.29, 0.717) is 0 Å². The van der Waals surface area contributed by atoms with Gasteiger partial charge in [0.1, 0.15) is 0 Å². The van der Waals surface area contributed by atoms with Crippen molar-refractivity contribution in [1.82, 2.24) is 0 Å². The Hall–Kier alpha value is -0.380. The van der Waals surface area contributed by atoms with Crippen molar-refractivity contribution in [2.75, 3.05) is 6.61 Å². The van der Waals surface area contributed by atoms with E-state index in [2.05, 4.69) is 13.8 Å². The molecule has 1 rings (SSSR count). The molecular weight excluding hydrogens is 204 g/mol. The second kappa shape index (κ2) is 4.86. The molecule has 94 valence electrons. The number of aliphatic hydroxyl groups excluding tert-OH is 1. The SMILES string of the molecule is C/C(=C\CO)CC[C@H]1OC(C)(C)OC1(C)C. The Balaban J connectivity index is 2.52. The maximum atomic E-state index is 8.78. The van der Waals surface area contributed by atoms with Gasteiger partial charge in [0.2, 0.25) is 0 Å². The van der Waals surface area contributed by atoms with Gasteiger partial charge < -0.3 is 14.6 Å². The van der Waals surface area contributed by atoms with Crippen LogP contribution in [-0.4, -0.2) is 29.2 Å². The zero-order chi connectivity index (χ0) is 12.4. The van der Waals surface area contributed by atoms with Gasteiger partial charge in [-0.05, 0) is 47.5 Å². The maximum Gasteiger partial charge on any atom is 0.164 e. The van der Waals surface area contributed by atoms with E-state index in [-0.39, 0.29) is 18.3 Å². The van der Waals surface area contributed by atoms with Gasteiger partial charge in [0.25, 0.3) is 0 Å². The van der Waals surface area contributed by atoms with Gasteiger partial charge in [0.15, 0.2) is 5.79 Å². The highest BCUT2D eigenvalue weighted by molar-refractivity contribution is 5.00. The van der Waals surface area contributed by atoms with Crippen molar-refractivity contribution in [3.63, 3.8) is 0 Å². The number of hydrogen-bond acceptors (Lipinski definition) is 3. The van der Waals surface area contributed by atoms with Crippen LogP contribution >= 0.6 is 0 Å². The van der Waals surface area contributed by atoms with E-state index in [4.69, 9.17) is 14.6 Å². The molecule has 3 heteroatoms. The lowest BCUT2D eigenvalue weighted by atomic mass is 9.96. The van der Waals surface area contributed by atoms with E-state index in [1.165, 1.54) is 5.57 Å². The first-order valence-corrected chi connectivity index (χ1v) is 5.91. The van der Waals surface area contributed by atoms with Crippen LogP contribution in [0, 0.1) is 0 Å². The zero-order valence-corrected chi connectivity index (χ0v) is 11.0. The van der Waals surface area contributed by atoms with Gasteiger partial charge in [-0.3, -0.25) is 0 Å². The molecule has 0 amide bonds. The average molecular weight is 228 g/mol. The third kappa shape index (κ3) is 3.58. The Morgan fingerprint density at radius 3 is 2.38 bits per heavy atom. The Bertz CT molecular complexity index is 266. The van der Waals surface area contributed by atoms with Crippen LogP contribution in [-0.2, 0) is 9.47 Å². The fourth-order valence-corrected chi connectivity index (χ4v) is 2.23. The first-order chi connectivity index (χ1) is 7.27. The summed E-state index contributed by atoms with van der Waals surface area (Å²) >= 11 is 0. The van der Waals surface area contributed by atoms with Gasteiger partial charge in [-0.2, -0.15) is 0 Å². The number of aliphatic hydroxyl groups is 1. The van der Waals surface area contributed by atoms with Crippen molar-refractivity contribution in [2.45, 2.75) is 65.0 Å². The normalized spacial score (nSPS) is 28.4. The summed E-state index contributed by atoms with van der Waals surface area (Å²) in [5.74, 6) is -0.483. The fraction of sp³-hybridized carbons (Fsp3) is 0.846. The highest BCUT2D eigenvalue weighted by Crippen LogP contribution is 2.38. The van der Waals surface area contributed by atoms with Crippen LogP contribution in [0.5, 0.6) is 0 Å². The molecule has 1 aliphatic heterocycles. The molecule has 3 nitrogen and oxygen atoms in total. The highest BCUT2D eigenvalue weighted by atomic mass is 16.8. The van der Waals surface area contributed by atoms with Crippen molar-refractivity contribution in [2.24, 2.45) is 0 Å². The summed E-state index contributed by atoms with van der Waals surface area (Å²) < 4.78 is 11.7. The van der Waals surface area contributed by atoms with E-state index in [1.807, 2.05) is 26.8 Å². The zero-order valence-electron chi connectivity index (χ0n) is 11.0. The van der Waals surface area contributed by atoms with Gasteiger partial charge in [-0.1, -0.05) is 11.6 Å². The fourth-order valence-electron chi connectivity index (χ4n) is 2.23. The molecule has 0 saturated carbocycles. The topological polar surface area (TPSA) is 38.7 Å². The minimum absolute atomic E-state index is 0.114. The molecule has 16 heavy (non-hydrogen) atoms. The molecule has 1 saturated heterocycles. The predicted molar refractivity (Wildman–Crippen MR) is 64.2 cm³/mol. The maximum absolute atomic E-state index is 8.78. The van der Waals surface area contributed by atoms with Crippen molar-refractivity contribution in [1.29, 1.82) is 0 Å². The Morgan fingerprint density at radius 2 is 1.94 bits per heavy atom. The lowest BCUT2D eigenvalue weighted by molar-refractivity contribution is -0.157. The van der Waals surface area contributed by atoms with E-state index < -0.39 is 5.79 Å². The molecule has 0 aromatic rings. The van der Waals surface area contributed by atoms with Gasteiger partial charge >= 0.3 is 0 Å². The number of hydrogen-bond donors (Lipinski definition) is 1. The molecule has 1 atom stereocenters. The number of ether oxygens (including phenoxy) is 2.